The van der Waals surface area contributed by atoms with Crippen molar-refractivity contribution in [2.45, 2.75) is 19.8 Å². The summed E-state index contributed by atoms with van der Waals surface area (Å²) in [6.45, 7) is 3.26. The molecule has 1 aliphatic rings. The Morgan fingerprint density at radius 2 is 2.39 bits per heavy atom. The summed E-state index contributed by atoms with van der Waals surface area (Å²) < 4.78 is 10.5. The van der Waals surface area contributed by atoms with Crippen molar-refractivity contribution < 1.29 is 14.3 Å². The molecule has 1 atom stereocenters. The van der Waals surface area contributed by atoms with Crippen molar-refractivity contribution in [3.63, 3.8) is 0 Å². The molecule has 0 fully saturated rings. The first kappa shape index (κ1) is 12.9. The smallest absolute Gasteiger partial charge is 0.310 e. The van der Waals surface area contributed by atoms with Gasteiger partial charge in [-0.2, -0.15) is 0 Å². The third-order valence-corrected chi connectivity index (χ3v) is 3.14. The van der Waals surface area contributed by atoms with Gasteiger partial charge in [-0.1, -0.05) is 12.1 Å². The second kappa shape index (κ2) is 5.87. The molecule has 2 N–H and O–H groups in total. The molecule has 98 valence electrons. The molecule has 0 aromatic heterocycles. The molecule has 1 aromatic rings. The first-order valence-corrected chi connectivity index (χ1v) is 6.36. The van der Waals surface area contributed by atoms with E-state index in [9.17, 15) is 4.79 Å². The Labute approximate surface area is 107 Å². The lowest BCUT2D eigenvalue weighted by atomic mass is 9.97. The zero-order valence-electron chi connectivity index (χ0n) is 10.6. The van der Waals surface area contributed by atoms with E-state index in [4.69, 9.17) is 15.2 Å². The number of benzene rings is 1. The Kier molecular flexibility index (Phi) is 4.20. The number of esters is 1. The van der Waals surface area contributed by atoms with E-state index in [1.807, 2.05) is 12.1 Å². The van der Waals surface area contributed by atoms with E-state index < -0.39 is 0 Å². The van der Waals surface area contributed by atoms with E-state index >= 15 is 0 Å². The summed E-state index contributed by atoms with van der Waals surface area (Å²) >= 11 is 0. The molecule has 18 heavy (non-hydrogen) atoms. The fourth-order valence-corrected chi connectivity index (χ4v) is 2.17. The van der Waals surface area contributed by atoms with E-state index in [2.05, 4.69) is 6.07 Å². The summed E-state index contributed by atoms with van der Waals surface area (Å²) in [4.78, 5) is 11.7. The lowest BCUT2D eigenvalue weighted by Crippen LogP contribution is -2.27. The van der Waals surface area contributed by atoms with Gasteiger partial charge in [0.2, 0.25) is 0 Å². The van der Waals surface area contributed by atoms with Gasteiger partial charge < -0.3 is 15.2 Å². The summed E-state index contributed by atoms with van der Waals surface area (Å²) in [5.41, 5.74) is 7.97. The fraction of sp³-hybridized carbons (Fsp3) is 0.500. The van der Waals surface area contributed by atoms with E-state index in [1.165, 1.54) is 5.56 Å². The van der Waals surface area contributed by atoms with Crippen LogP contribution in [0.1, 0.15) is 18.1 Å². The fourth-order valence-electron chi connectivity index (χ4n) is 2.17. The van der Waals surface area contributed by atoms with Crippen LogP contribution in [-0.2, 0) is 22.4 Å². The van der Waals surface area contributed by atoms with Crippen LogP contribution in [0.2, 0.25) is 0 Å². The number of hydrogen-bond acceptors (Lipinski definition) is 4. The Hall–Kier alpha value is -1.55. The van der Waals surface area contributed by atoms with Crippen LogP contribution in [0.4, 0.5) is 0 Å². The lowest BCUT2D eigenvalue weighted by Gasteiger charge is -2.13. The van der Waals surface area contributed by atoms with Crippen molar-refractivity contribution in [1.29, 1.82) is 0 Å². The maximum absolute atomic E-state index is 11.7. The molecule has 4 nitrogen and oxygen atoms in total. The van der Waals surface area contributed by atoms with Gasteiger partial charge in [-0.25, -0.2) is 0 Å². The van der Waals surface area contributed by atoms with Crippen LogP contribution in [-0.4, -0.2) is 25.7 Å². The van der Waals surface area contributed by atoms with Crippen molar-refractivity contribution in [3.05, 3.63) is 29.3 Å². The number of fused-ring (bicyclic) bond motifs is 1. The van der Waals surface area contributed by atoms with Gasteiger partial charge in [-0.3, -0.25) is 4.79 Å². The van der Waals surface area contributed by atoms with Crippen LogP contribution in [0.25, 0.3) is 0 Å². The third-order valence-electron chi connectivity index (χ3n) is 3.14. The maximum atomic E-state index is 11.7. The van der Waals surface area contributed by atoms with Crippen molar-refractivity contribution >= 4 is 5.97 Å². The van der Waals surface area contributed by atoms with Gasteiger partial charge in [-0.05, 0) is 30.5 Å². The maximum Gasteiger partial charge on any atom is 0.310 e. The predicted molar refractivity (Wildman–Crippen MR) is 68.5 cm³/mol. The van der Waals surface area contributed by atoms with Crippen LogP contribution in [0, 0.1) is 5.92 Å². The molecule has 1 unspecified atom stereocenters. The Morgan fingerprint density at radius 1 is 1.56 bits per heavy atom. The minimum absolute atomic E-state index is 0.211. The first-order valence-electron chi connectivity index (χ1n) is 6.36. The van der Waals surface area contributed by atoms with Crippen LogP contribution < -0.4 is 10.5 Å². The Balaban J connectivity index is 2.05. The van der Waals surface area contributed by atoms with Gasteiger partial charge in [0.15, 0.2) is 0 Å². The third kappa shape index (κ3) is 2.82. The van der Waals surface area contributed by atoms with Crippen molar-refractivity contribution in [2.24, 2.45) is 11.7 Å². The average Bonchev–Trinajstić information content (AvgIpc) is 2.83. The van der Waals surface area contributed by atoms with E-state index in [1.54, 1.807) is 6.92 Å². The molecule has 2 rings (SSSR count). The molecule has 0 aliphatic carbocycles. The van der Waals surface area contributed by atoms with Gasteiger partial charge in [-0.15, -0.1) is 0 Å². The molecule has 1 aliphatic heterocycles. The van der Waals surface area contributed by atoms with Gasteiger partial charge in [0.25, 0.3) is 0 Å². The zero-order valence-corrected chi connectivity index (χ0v) is 10.6. The summed E-state index contributed by atoms with van der Waals surface area (Å²) in [5.74, 6) is 0.487. The number of ether oxygens (including phenoxy) is 2. The van der Waals surface area contributed by atoms with Crippen LogP contribution >= 0.6 is 0 Å². The van der Waals surface area contributed by atoms with E-state index in [-0.39, 0.29) is 11.9 Å². The highest BCUT2D eigenvalue weighted by Crippen LogP contribution is 2.26. The summed E-state index contributed by atoms with van der Waals surface area (Å²) in [7, 11) is 0. The second-order valence-electron chi connectivity index (χ2n) is 4.43. The van der Waals surface area contributed by atoms with E-state index in [0.717, 1.165) is 24.3 Å². The molecule has 0 saturated carbocycles. The number of hydrogen-bond donors (Lipinski definition) is 1. The quantitative estimate of drug-likeness (QED) is 0.799. The molecule has 0 spiro atoms. The lowest BCUT2D eigenvalue weighted by molar-refractivity contribution is -0.147. The molecule has 1 heterocycles. The summed E-state index contributed by atoms with van der Waals surface area (Å²) in [5, 5.41) is 0. The monoisotopic (exact) mass is 249 g/mol. The predicted octanol–water partition coefficient (Wildman–Crippen LogP) is 1.30. The highest BCUT2D eigenvalue weighted by atomic mass is 16.5. The Morgan fingerprint density at radius 3 is 3.11 bits per heavy atom. The van der Waals surface area contributed by atoms with Gasteiger partial charge in [0.05, 0.1) is 19.1 Å². The topological polar surface area (TPSA) is 61.5 Å². The van der Waals surface area contributed by atoms with Gasteiger partial charge >= 0.3 is 5.97 Å². The van der Waals surface area contributed by atoms with Gasteiger partial charge in [0, 0.05) is 13.0 Å². The van der Waals surface area contributed by atoms with Crippen LogP contribution in [0.3, 0.4) is 0 Å². The number of carbonyl (C=O) groups excluding carboxylic acids is 1. The standard InChI is InChI=1S/C14H19NO3/c1-2-17-14(16)12(9-15)8-10-3-4-13-11(7-10)5-6-18-13/h3-4,7,12H,2,5-6,8-9,15H2,1H3. The molecule has 0 bridgehead atoms. The Bertz CT molecular complexity index is 431. The van der Waals surface area contributed by atoms with Crippen LogP contribution in [0.15, 0.2) is 18.2 Å². The normalized spacial score (nSPS) is 14.8. The van der Waals surface area contributed by atoms with Crippen molar-refractivity contribution in [1.82, 2.24) is 0 Å². The first-order chi connectivity index (χ1) is 8.74. The number of rotatable bonds is 5. The van der Waals surface area contributed by atoms with Crippen LogP contribution in [0.5, 0.6) is 5.75 Å². The minimum Gasteiger partial charge on any atom is -0.493 e. The second-order valence-corrected chi connectivity index (χ2v) is 4.43. The highest BCUT2D eigenvalue weighted by Gasteiger charge is 2.20. The summed E-state index contributed by atoms with van der Waals surface area (Å²) in [6, 6.07) is 6.06. The zero-order chi connectivity index (χ0) is 13.0. The largest absolute Gasteiger partial charge is 0.493 e. The molecule has 4 heteroatoms. The summed E-state index contributed by atoms with van der Waals surface area (Å²) in [6.07, 6.45) is 1.57. The molecular weight excluding hydrogens is 230 g/mol. The molecule has 1 aromatic carbocycles. The SMILES string of the molecule is CCOC(=O)C(CN)Cc1ccc2c(c1)CCO2. The number of nitrogens with two attached hydrogens (primary N) is 1. The molecular formula is C14H19NO3. The molecule has 0 amide bonds. The molecule has 0 saturated heterocycles. The van der Waals surface area contributed by atoms with E-state index in [0.29, 0.717) is 19.6 Å². The number of carbonyl (C=O) groups is 1. The minimum atomic E-state index is -0.259. The average molecular weight is 249 g/mol. The molecule has 0 radical (unpaired) electrons. The highest BCUT2D eigenvalue weighted by molar-refractivity contribution is 5.73. The van der Waals surface area contributed by atoms with Gasteiger partial charge in [0.1, 0.15) is 5.75 Å². The van der Waals surface area contributed by atoms with Crippen molar-refractivity contribution in [2.75, 3.05) is 19.8 Å². The van der Waals surface area contributed by atoms with Crippen molar-refractivity contribution in [3.8, 4) is 5.75 Å².